The standard InChI is InChI=1S/C18H34N2O/c1-2-11-19-16(15-7-3-4-8-15)14-20-12-13-21-18-10-6-5-9-17(18)20/h15-19H,2-14H2,1H3. The van der Waals surface area contributed by atoms with Crippen LogP contribution in [0.25, 0.3) is 0 Å². The zero-order valence-corrected chi connectivity index (χ0v) is 13.9. The van der Waals surface area contributed by atoms with Crippen LogP contribution in [0.2, 0.25) is 0 Å². The van der Waals surface area contributed by atoms with Crippen molar-refractivity contribution in [1.29, 1.82) is 0 Å². The molecule has 2 saturated carbocycles. The molecule has 0 spiro atoms. The minimum absolute atomic E-state index is 0.530. The normalized spacial score (nSPS) is 33.0. The van der Waals surface area contributed by atoms with Crippen LogP contribution >= 0.6 is 0 Å². The molecule has 0 amide bonds. The molecule has 3 atom stereocenters. The maximum absolute atomic E-state index is 6.04. The van der Waals surface area contributed by atoms with Crippen LogP contribution in [0.15, 0.2) is 0 Å². The molecule has 2 aliphatic carbocycles. The predicted octanol–water partition coefficient (Wildman–Crippen LogP) is 3.19. The number of rotatable bonds is 6. The molecule has 1 saturated heterocycles. The molecule has 1 aliphatic heterocycles. The fourth-order valence-electron chi connectivity index (χ4n) is 4.73. The van der Waals surface area contributed by atoms with Crippen molar-refractivity contribution in [2.24, 2.45) is 5.92 Å². The molecule has 0 aromatic heterocycles. The first kappa shape index (κ1) is 15.8. The van der Waals surface area contributed by atoms with Crippen molar-refractivity contribution in [3.8, 4) is 0 Å². The van der Waals surface area contributed by atoms with Gasteiger partial charge in [-0.1, -0.05) is 32.6 Å². The number of ether oxygens (including phenoxy) is 1. The first-order valence-electron chi connectivity index (χ1n) is 9.47. The maximum Gasteiger partial charge on any atom is 0.0730 e. The van der Waals surface area contributed by atoms with Crippen molar-refractivity contribution in [1.82, 2.24) is 10.2 Å². The van der Waals surface area contributed by atoms with Crippen molar-refractivity contribution in [2.75, 3.05) is 26.2 Å². The van der Waals surface area contributed by atoms with Crippen LogP contribution in [0.1, 0.15) is 64.7 Å². The Balaban J connectivity index is 1.59. The Morgan fingerprint density at radius 2 is 1.86 bits per heavy atom. The Morgan fingerprint density at radius 3 is 2.67 bits per heavy atom. The summed E-state index contributed by atoms with van der Waals surface area (Å²) in [4.78, 5) is 2.78. The van der Waals surface area contributed by atoms with Crippen LogP contribution in [-0.2, 0) is 4.74 Å². The van der Waals surface area contributed by atoms with Crippen molar-refractivity contribution in [2.45, 2.75) is 82.9 Å². The molecule has 0 aromatic carbocycles. The maximum atomic E-state index is 6.04. The van der Waals surface area contributed by atoms with Gasteiger partial charge in [0.25, 0.3) is 0 Å². The summed E-state index contributed by atoms with van der Waals surface area (Å²) in [5.41, 5.74) is 0. The molecule has 0 aromatic rings. The number of hydrogen-bond acceptors (Lipinski definition) is 3. The van der Waals surface area contributed by atoms with E-state index in [1.54, 1.807) is 0 Å². The van der Waals surface area contributed by atoms with Gasteiger partial charge in [0, 0.05) is 25.2 Å². The summed E-state index contributed by atoms with van der Waals surface area (Å²) in [6, 6.07) is 1.42. The Kier molecular flexibility index (Phi) is 5.96. The van der Waals surface area contributed by atoms with Gasteiger partial charge < -0.3 is 10.1 Å². The number of nitrogens with zero attached hydrogens (tertiary/aromatic N) is 1. The van der Waals surface area contributed by atoms with Crippen molar-refractivity contribution < 1.29 is 4.74 Å². The zero-order valence-electron chi connectivity index (χ0n) is 13.9. The number of hydrogen-bond donors (Lipinski definition) is 1. The molecular weight excluding hydrogens is 260 g/mol. The topological polar surface area (TPSA) is 24.5 Å². The molecule has 0 radical (unpaired) electrons. The quantitative estimate of drug-likeness (QED) is 0.814. The lowest BCUT2D eigenvalue weighted by atomic mass is 9.89. The lowest BCUT2D eigenvalue weighted by molar-refractivity contribution is -0.0915. The molecule has 3 aliphatic rings. The number of nitrogens with one attached hydrogen (secondary N) is 1. The Morgan fingerprint density at radius 1 is 1.10 bits per heavy atom. The van der Waals surface area contributed by atoms with E-state index < -0.39 is 0 Å². The summed E-state index contributed by atoms with van der Waals surface area (Å²) < 4.78 is 6.04. The monoisotopic (exact) mass is 294 g/mol. The van der Waals surface area contributed by atoms with E-state index in [9.17, 15) is 0 Å². The van der Waals surface area contributed by atoms with Gasteiger partial charge in [-0.15, -0.1) is 0 Å². The zero-order chi connectivity index (χ0) is 14.5. The molecule has 3 rings (SSSR count). The molecule has 1 heterocycles. The molecule has 0 bridgehead atoms. The van der Waals surface area contributed by atoms with Crippen LogP contribution in [0.5, 0.6) is 0 Å². The highest BCUT2D eigenvalue weighted by molar-refractivity contribution is 4.91. The molecular formula is C18H34N2O. The third-order valence-corrected chi connectivity index (χ3v) is 5.90. The number of fused-ring (bicyclic) bond motifs is 1. The van der Waals surface area contributed by atoms with Crippen molar-refractivity contribution in [3.63, 3.8) is 0 Å². The fourth-order valence-corrected chi connectivity index (χ4v) is 4.73. The lowest BCUT2D eigenvalue weighted by Crippen LogP contribution is -2.57. The first-order chi connectivity index (χ1) is 10.4. The largest absolute Gasteiger partial charge is 0.375 e. The van der Waals surface area contributed by atoms with Gasteiger partial charge in [-0.05, 0) is 44.6 Å². The minimum Gasteiger partial charge on any atom is -0.375 e. The second-order valence-electron chi connectivity index (χ2n) is 7.36. The van der Waals surface area contributed by atoms with E-state index in [1.807, 2.05) is 0 Å². The molecule has 3 nitrogen and oxygen atoms in total. The Labute approximate surface area is 130 Å². The molecule has 3 heteroatoms. The summed E-state index contributed by atoms with van der Waals surface area (Å²) in [7, 11) is 0. The summed E-state index contributed by atoms with van der Waals surface area (Å²) >= 11 is 0. The van der Waals surface area contributed by atoms with Gasteiger partial charge in [0.15, 0.2) is 0 Å². The van der Waals surface area contributed by atoms with Crippen molar-refractivity contribution in [3.05, 3.63) is 0 Å². The summed E-state index contributed by atoms with van der Waals surface area (Å²) in [6.07, 6.45) is 13.0. The molecule has 122 valence electrons. The second kappa shape index (κ2) is 7.94. The lowest BCUT2D eigenvalue weighted by Gasteiger charge is -2.45. The van der Waals surface area contributed by atoms with E-state index in [0.29, 0.717) is 18.2 Å². The van der Waals surface area contributed by atoms with Crippen LogP contribution in [0.4, 0.5) is 0 Å². The van der Waals surface area contributed by atoms with Gasteiger partial charge in [-0.3, -0.25) is 4.90 Å². The van der Waals surface area contributed by atoms with E-state index >= 15 is 0 Å². The molecule has 21 heavy (non-hydrogen) atoms. The van der Waals surface area contributed by atoms with Crippen LogP contribution in [0.3, 0.4) is 0 Å². The van der Waals surface area contributed by atoms with Crippen LogP contribution < -0.4 is 5.32 Å². The van der Waals surface area contributed by atoms with Gasteiger partial charge in [0.2, 0.25) is 0 Å². The van der Waals surface area contributed by atoms with Gasteiger partial charge in [-0.25, -0.2) is 0 Å². The average Bonchev–Trinajstić information content (AvgIpc) is 3.06. The van der Waals surface area contributed by atoms with Crippen LogP contribution in [0, 0.1) is 5.92 Å². The highest BCUT2D eigenvalue weighted by atomic mass is 16.5. The van der Waals surface area contributed by atoms with E-state index in [2.05, 4.69) is 17.1 Å². The third kappa shape index (κ3) is 4.00. The predicted molar refractivity (Wildman–Crippen MR) is 87.6 cm³/mol. The third-order valence-electron chi connectivity index (χ3n) is 5.90. The molecule has 3 unspecified atom stereocenters. The van der Waals surface area contributed by atoms with E-state index in [0.717, 1.165) is 19.1 Å². The van der Waals surface area contributed by atoms with E-state index in [1.165, 1.54) is 70.9 Å². The molecule has 3 fully saturated rings. The second-order valence-corrected chi connectivity index (χ2v) is 7.36. The van der Waals surface area contributed by atoms with Crippen molar-refractivity contribution >= 4 is 0 Å². The van der Waals surface area contributed by atoms with Gasteiger partial charge >= 0.3 is 0 Å². The van der Waals surface area contributed by atoms with Crippen LogP contribution in [-0.4, -0.2) is 49.3 Å². The summed E-state index contributed by atoms with van der Waals surface area (Å²) in [5, 5.41) is 3.87. The SMILES string of the molecule is CCCNC(CN1CCOC2CCCCC21)C1CCCC1. The fraction of sp³-hybridized carbons (Fsp3) is 1.00. The Bertz CT molecular complexity index is 302. The summed E-state index contributed by atoms with van der Waals surface area (Å²) in [6.45, 7) is 6.82. The van der Waals surface area contributed by atoms with E-state index in [4.69, 9.17) is 4.74 Å². The highest BCUT2D eigenvalue weighted by Gasteiger charge is 2.36. The number of morpholine rings is 1. The minimum atomic E-state index is 0.530. The molecule has 1 N–H and O–H groups in total. The smallest absolute Gasteiger partial charge is 0.0730 e. The first-order valence-corrected chi connectivity index (χ1v) is 9.47. The van der Waals surface area contributed by atoms with Gasteiger partial charge in [-0.2, -0.15) is 0 Å². The summed E-state index contributed by atoms with van der Waals surface area (Å²) in [5.74, 6) is 0.918. The highest BCUT2D eigenvalue weighted by Crippen LogP contribution is 2.32. The van der Waals surface area contributed by atoms with Gasteiger partial charge in [0.05, 0.1) is 12.7 Å². The average molecular weight is 294 g/mol. The van der Waals surface area contributed by atoms with Gasteiger partial charge in [0.1, 0.15) is 0 Å². The van der Waals surface area contributed by atoms with E-state index in [-0.39, 0.29) is 0 Å². The Hall–Kier alpha value is -0.120.